The Kier molecular flexibility index (Phi) is 8.11. The average Bonchev–Trinajstić information content (AvgIpc) is 3.29. The Balaban J connectivity index is 1.44. The normalized spacial score (nSPS) is 11.0. The molecule has 0 spiro atoms. The van der Waals surface area contributed by atoms with Crippen molar-refractivity contribution in [2.75, 3.05) is 12.4 Å². The number of halogens is 1. The number of hydrogen-bond donors (Lipinski definition) is 1. The molecule has 4 aromatic rings. The van der Waals surface area contributed by atoms with Crippen LogP contribution in [0.25, 0.3) is 17.1 Å². The highest BCUT2D eigenvalue weighted by Gasteiger charge is 2.17. The molecule has 0 aliphatic heterocycles. The van der Waals surface area contributed by atoms with Crippen LogP contribution in [0.2, 0.25) is 0 Å². The SMILES string of the molecule is CCOc1ccc(C=NNC(=O)CSc2nnc(-c3ccc(Br)cc3)n2-c2ccccc2)cc1. The van der Waals surface area contributed by atoms with E-state index in [9.17, 15) is 4.79 Å². The fraction of sp³-hybridized carbons (Fsp3) is 0.120. The third-order valence-corrected chi connectivity index (χ3v) is 6.13. The monoisotopic (exact) mass is 535 g/mol. The molecule has 0 aliphatic carbocycles. The van der Waals surface area contributed by atoms with Gasteiger partial charge in [-0.25, -0.2) is 5.43 Å². The largest absolute Gasteiger partial charge is 0.494 e. The number of hydrogen-bond acceptors (Lipinski definition) is 6. The van der Waals surface area contributed by atoms with Gasteiger partial charge in [-0.15, -0.1) is 10.2 Å². The Hall–Kier alpha value is -3.43. The molecule has 1 aromatic heterocycles. The first-order valence-electron chi connectivity index (χ1n) is 10.6. The van der Waals surface area contributed by atoms with Gasteiger partial charge in [-0.3, -0.25) is 9.36 Å². The molecule has 0 unspecified atom stereocenters. The molecule has 0 saturated carbocycles. The molecule has 1 N–H and O–H groups in total. The Morgan fingerprint density at radius 1 is 1.06 bits per heavy atom. The van der Waals surface area contributed by atoms with Gasteiger partial charge in [0.1, 0.15) is 5.75 Å². The van der Waals surface area contributed by atoms with Crippen LogP contribution in [0.1, 0.15) is 12.5 Å². The summed E-state index contributed by atoms with van der Waals surface area (Å²) in [7, 11) is 0. The van der Waals surface area contributed by atoms with Crippen LogP contribution >= 0.6 is 27.7 Å². The van der Waals surface area contributed by atoms with Gasteiger partial charge in [-0.1, -0.05) is 58.0 Å². The summed E-state index contributed by atoms with van der Waals surface area (Å²) < 4.78 is 8.36. The van der Waals surface area contributed by atoms with E-state index in [0.717, 1.165) is 27.0 Å². The van der Waals surface area contributed by atoms with Crippen LogP contribution in [0.15, 0.2) is 93.6 Å². The number of para-hydroxylation sites is 1. The van der Waals surface area contributed by atoms with Crippen molar-refractivity contribution in [3.05, 3.63) is 88.9 Å². The lowest BCUT2D eigenvalue weighted by molar-refractivity contribution is -0.118. The Morgan fingerprint density at radius 2 is 1.79 bits per heavy atom. The number of hydrazone groups is 1. The number of nitrogens with zero attached hydrogens (tertiary/aromatic N) is 4. The molecule has 0 atom stereocenters. The summed E-state index contributed by atoms with van der Waals surface area (Å²) in [6.45, 7) is 2.55. The summed E-state index contributed by atoms with van der Waals surface area (Å²) in [5.41, 5.74) is 5.27. The lowest BCUT2D eigenvalue weighted by Gasteiger charge is -2.10. The predicted molar refractivity (Wildman–Crippen MR) is 139 cm³/mol. The first-order chi connectivity index (χ1) is 16.6. The van der Waals surface area contributed by atoms with E-state index in [1.54, 1.807) is 6.21 Å². The number of aromatic nitrogens is 3. The van der Waals surface area contributed by atoms with E-state index in [-0.39, 0.29) is 11.7 Å². The highest BCUT2D eigenvalue weighted by atomic mass is 79.9. The zero-order chi connectivity index (χ0) is 23.8. The fourth-order valence-corrected chi connectivity index (χ4v) is 4.13. The number of benzene rings is 3. The molecular weight excluding hydrogens is 514 g/mol. The second-order valence-electron chi connectivity index (χ2n) is 7.07. The number of ether oxygens (including phenoxy) is 1. The van der Waals surface area contributed by atoms with Gasteiger partial charge >= 0.3 is 0 Å². The summed E-state index contributed by atoms with van der Waals surface area (Å²) in [6.07, 6.45) is 1.59. The summed E-state index contributed by atoms with van der Waals surface area (Å²) >= 11 is 4.76. The van der Waals surface area contributed by atoms with Crippen molar-refractivity contribution in [2.24, 2.45) is 5.10 Å². The quantitative estimate of drug-likeness (QED) is 0.178. The number of carbonyl (C=O) groups is 1. The van der Waals surface area contributed by atoms with E-state index >= 15 is 0 Å². The van der Waals surface area contributed by atoms with Crippen LogP contribution in [0.3, 0.4) is 0 Å². The number of rotatable bonds is 9. The summed E-state index contributed by atoms with van der Waals surface area (Å²) in [6, 6.07) is 25.2. The fourth-order valence-electron chi connectivity index (χ4n) is 3.12. The minimum Gasteiger partial charge on any atom is -0.494 e. The number of thioether (sulfide) groups is 1. The van der Waals surface area contributed by atoms with E-state index in [1.807, 2.05) is 90.4 Å². The highest BCUT2D eigenvalue weighted by molar-refractivity contribution is 9.10. The van der Waals surface area contributed by atoms with E-state index in [4.69, 9.17) is 4.74 Å². The summed E-state index contributed by atoms with van der Waals surface area (Å²) in [5, 5.41) is 13.4. The van der Waals surface area contributed by atoms with Crippen molar-refractivity contribution in [1.82, 2.24) is 20.2 Å². The van der Waals surface area contributed by atoms with Crippen LogP contribution in [0.4, 0.5) is 0 Å². The van der Waals surface area contributed by atoms with E-state index < -0.39 is 0 Å². The smallest absolute Gasteiger partial charge is 0.250 e. The van der Waals surface area contributed by atoms with Crippen molar-refractivity contribution in [1.29, 1.82) is 0 Å². The third kappa shape index (κ3) is 6.12. The van der Waals surface area contributed by atoms with Gasteiger partial charge in [0.2, 0.25) is 0 Å². The number of nitrogens with one attached hydrogen (secondary N) is 1. The van der Waals surface area contributed by atoms with Crippen molar-refractivity contribution < 1.29 is 9.53 Å². The average molecular weight is 536 g/mol. The molecule has 1 heterocycles. The molecule has 0 fully saturated rings. The van der Waals surface area contributed by atoms with Crippen LogP contribution in [-0.4, -0.2) is 39.2 Å². The van der Waals surface area contributed by atoms with Crippen LogP contribution < -0.4 is 10.2 Å². The second kappa shape index (κ2) is 11.6. The number of carbonyl (C=O) groups excluding carboxylic acids is 1. The molecule has 1 amide bonds. The zero-order valence-corrected chi connectivity index (χ0v) is 20.8. The minimum absolute atomic E-state index is 0.145. The van der Waals surface area contributed by atoms with E-state index in [0.29, 0.717) is 17.6 Å². The van der Waals surface area contributed by atoms with E-state index in [1.165, 1.54) is 11.8 Å². The standard InChI is InChI=1S/C25H22BrN5O2S/c1-2-33-22-14-8-18(9-15-22)16-27-28-23(32)17-34-25-30-29-24(19-10-12-20(26)13-11-19)31(25)21-6-4-3-5-7-21/h3-16H,2,17H2,1H3,(H,28,32). The Labute approximate surface area is 210 Å². The first kappa shape index (κ1) is 23.7. The maximum Gasteiger partial charge on any atom is 0.250 e. The number of amides is 1. The Morgan fingerprint density at radius 3 is 2.50 bits per heavy atom. The molecule has 34 heavy (non-hydrogen) atoms. The van der Waals surface area contributed by atoms with Crippen LogP contribution in [0.5, 0.6) is 5.75 Å². The molecule has 3 aromatic carbocycles. The van der Waals surface area contributed by atoms with Gasteiger partial charge in [-0.05, 0) is 61.0 Å². The lowest BCUT2D eigenvalue weighted by atomic mass is 10.2. The Bertz CT molecular complexity index is 1260. The van der Waals surface area contributed by atoms with Gasteiger partial charge in [0.15, 0.2) is 11.0 Å². The topological polar surface area (TPSA) is 81.4 Å². The van der Waals surface area contributed by atoms with Gasteiger partial charge in [0.25, 0.3) is 5.91 Å². The zero-order valence-electron chi connectivity index (χ0n) is 18.4. The lowest BCUT2D eigenvalue weighted by Crippen LogP contribution is -2.20. The van der Waals surface area contributed by atoms with Crippen molar-refractivity contribution in [3.8, 4) is 22.8 Å². The summed E-state index contributed by atoms with van der Waals surface area (Å²) in [5.74, 6) is 1.41. The molecule has 172 valence electrons. The second-order valence-corrected chi connectivity index (χ2v) is 8.93. The third-order valence-electron chi connectivity index (χ3n) is 4.68. The molecule has 0 radical (unpaired) electrons. The first-order valence-corrected chi connectivity index (χ1v) is 12.4. The van der Waals surface area contributed by atoms with Gasteiger partial charge in [-0.2, -0.15) is 5.10 Å². The maximum atomic E-state index is 12.4. The highest BCUT2D eigenvalue weighted by Crippen LogP contribution is 2.28. The van der Waals surface area contributed by atoms with E-state index in [2.05, 4.69) is 36.7 Å². The van der Waals surface area contributed by atoms with Crippen LogP contribution in [-0.2, 0) is 4.79 Å². The van der Waals surface area contributed by atoms with Crippen molar-refractivity contribution in [3.63, 3.8) is 0 Å². The molecule has 4 rings (SSSR count). The predicted octanol–water partition coefficient (Wildman–Crippen LogP) is 5.34. The molecule has 0 bridgehead atoms. The van der Waals surface area contributed by atoms with Gasteiger partial charge in [0, 0.05) is 15.7 Å². The van der Waals surface area contributed by atoms with Crippen LogP contribution in [0, 0.1) is 0 Å². The van der Waals surface area contributed by atoms with Gasteiger partial charge in [0.05, 0.1) is 18.6 Å². The minimum atomic E-state index is -0.236. The molecule has 0 aliphatic rings. The van der Waals surface area contributed by atoms with Gasteiger partial charge < -0.3 is 4.74 Å². The van der Waals surface area contributed by atoms with Crippen molar-refractivity contribution in [2.45, 2.75) is 12.1 Å². The molecular formula is C25H22BrN5O2S. The molecule has 7 nitrogen and oxygen atoms in total. The maximum absolute atomic E-state index is 12.4. The molecule has 0 saturated heterocycles. The van der Waals surface area contributed by atoms with Crippen molar-refractivity contribution >= 4 is 39.8 Å². The molecule has 9 heteroatoms. The summed E-state index contributed by atoms with van der Waals surface area (Å²) in [4.78, 5) is 12.4.